The minimum Gasteiger partial charge on any atom is -0.459 e. The molecule has 1 N–H and O–H groups in total. The molecule has 2 aromatic carbocycles. The second kappa shape index (κ2) is 9.55. The first-order valence-corrected chi connectivity index (χ1v) is 10.1. The van der Waals surface area contributed by atoms with Crippen LogP contribution in [0.15, 0.2) is 65.6 Å². The van der Waals surface area contributed by atoms with Gasteiger partial charge in [0, 0.05) is 12.1 Å². The van der Waals surface area contributed by atoms with Gasteiger partial charge in [-0.3, -0.25) is 14.2 Å². The lowest BCUT2D eigenvalue weighted by Crippen LogP contribution is -2.33. The summed E-state index contributed by atoms with van der Waals surface area (Å²) < 4.78 is 21.0. The highest BCUT2D eigenvalue weighted by Gasteiger charge is 2.21. The molecular formula is C24H26FN3O3. The average molecular weight is 423 g/mol. The van der Waals surface area contributed by atoms with Gasteiger partial charge < -0.3 is 10.1 Å². The van der Waals surface area contributed by atoms with Gasteiger partial charge in [-0.1, -0.05) is 42.5 Å². The summed E-state index contributed by atoms with van der Waals surface area (Å²) >= 11 is 0. The van der Waals surface area contributed by atoms with Gasteiger partial charge in [0.05, 0.1) is 11.9 Å². The van der Waals surface area contributed by atoms with E-state index in [1.165, 1.54) is 16.8 Å². The molecule has 0 fully saturated rings. The lowest BCUT2D eigenvalue weighted by Gasteiger charge is -2.21. The molecule has 0 bridgehead atoms. The Balaban J connectivity index is 1.91. The highest BCUT2D eigenvalue weighted by molar-refractivity contribution is 5.71. The van der Waals surface area contributed by atoms with Crippen molar-refractivity contribution < 1.29 is 13.9 Å². The number of anilines is 1. The van der Waals surface area contributed by atoms with Gasteiger partial charge in [0.1, 0.15) is 18.0 Å². The first-order chi connectivity index (χ1) is 14.7. The number of carbonyl (C=O) groups is 1. The third-order valence-corrected chi connectivity index (χ3v) is 4.46. The van der Waals surface area contributed by atoms with Crippen molar-refractivity contribution in [3.8, 4) is 11.3 Å². The molecule has 0 aliphatic rings. The van der Waals surface area contributed by atoms with E-state index in [4.69, 9.17) is 4.74 Å². The van der Waals surface area contributed by atoms with Gasteiger partial charge in [0.2, 0.25) is 0 Å². The molecule has 0 aliphatic carbocycles. The van der Waals surface area contributed by atoms with Crippen LogP contribution < -0.4 is 10.9 Å². The summed E-state index contributed by atoms with van der Waals surface area (Å²) in [5, 5.41) is 3.03. The van der Waals surface area contributed by atoms with Gasteiger partial charge in [0.15, 0.2) is 5.82 Å². The van der Waals surface area contributed by atoms with Crippen molar-refractivity contribution >= 4 is 11.8 Å². The summed E-state index contributed by atoms with van der Waals surface area (Å²) in [6.45, 7) is 5.37. The molecule has 0 spiro atoms. The Hall–Kier alpha value is -3.48. The van der Waals surface area contributed by atoms with E-state index < -0.39 is 22.9 Å². The van der Waals surface area contributed by atoms with Crippen LogP contribution >= 0.6 is 0 Å². The number of ether oxygens (including phenoxy) is 1. The van der Waals surface area contributed by atoms with Crippen molar-refractivity contribution in [2.75, 3.05) is 11.9 Å². The number of hydrogen-bond acceptors (Lipinski definition) is 5. The zero-order valence-electron chi connectivity index (χ0n) is 17.9. The molecule has 0 saturated heterocycles. The highest BCUT2D eigenvalue weighted by Crippen LogP contribution is 2.22. The van der Waals surface area contributed by atoms with E-state index in [9.17, 15) is 14.0 Å². The zero-order chi connectivity index (χ0) is 22.4. The summed E-state index contributed by atoms with van der Waals surface area (Å²) in [5.74, 6) is -1.00. The van der Waals surface area contributed by atoms with Crippen LogP contribution in [0.5, 0.6) is 0 Å². The highest BCUT2D eigenvalue weighted by atomic mass is 19.1. The van der Waals surface area contributed by atoms with Crippen LogP contribution in [0, 0.1) is 5.82 Å². The molecule has 3 rings (SSSR count). The molecule has 0 amide bonds. The number of esters is 1. The van der Waals surface area contributed by atoms with Crippen LogP contribution in [0.25, 0.3) is 11.3 Å². The topological polar surface area (TPSA) is 73.2 Å². The normalized spacial score (nSPS) is 11.2. The number of aromatic nitrogens is 2. The number of benzene rings is 2. The van der Waals surface area contributed by atoms with Crippen molar-refractivity contribution in [3.05, 3.63) is 82.5 Å². The fraction of sp³-hybridized carbons (Fsp3) is 0.292. The van der Waals surface area contributed by atoms with Crippen molar-refractivity contribution in [3.63, 3.8) is 0 Å². The summed E-state index contributed by atoms with van der Waals surface area (Å²) in [6.07, 6.45) is 2.10. The summed E-state index contributed by atoms with van der Waals surface area (Å²) in [5.41, 5.74) is 0.295. The first kappa shape index (κ1) is 22.2. The van der Waals surface area contributed by atoms with E-state index in [0.29, 0.717) is 13.0 Å². The molecule has 31 heavy (non-hydrogen) atoms. The number of carbonyl (C=O) groups excluding carboxylic acids is 1. The third-order valence-electron chi connectivity index (χ3n) is 4.46. The molecule has 0 saturated carbocycles. The van der Waals surface area contributed by atoms with Crippen LogP contribution in [0.4, 0.5) is 10.2 Å². The lowest BCUT2D eigenvalue weighted by molar-refractivity contribution is -0.155. The fourth-order valence-electron chi connectivity index (χ4n) is 3.12. The average Bonchev–Trinajstić information content (AvgIpc) is 2.71. The maximum absolute atomic E-state index is 14.4. The third kappa shape index (κ3) is 6.01. The van der Waals surface area contributed by atoms with Crippen molar-refractivity contribution in [2.24, 2.45) is 0 Å². The molecule has 0 unspecified atom stereocenters. The van der Waals surface area contributed by atoms with Crippen LogP contribution in [0.2, 0.25) is 0 Å². The number of hydrogen-bond donors (Lipinski definition) is 1. The van der Waals surface area contributed by atoms with E-state index >= 15 is 0 Å². The van der Waals surface area contributed by atoms with Gasteiger partial charge >= 0.3 is 5.97 Å². The largest absolute Gasteiger partial charge is 0.459 e. The Morgan fingerprint density at radius 2 is 1.77 bits per heavy atom. The number of nitrogens with one attached hydrogen (secondary N) is 1. The quantitative estimate of drug-likeness (QED) is 0.581. The molecule has 162 valence electrons. The van der Waals surface area contributed by atoms with Gasteiger partial charge in [-0.15, -0.1) is 0 Å². The van der Waals surface area contributed by atoms with Crippen molar-refractivity contribution in [1.82, 2.24) is 9.55 Å². The number of rotatable bonds is 7. The smallest absolute Gasteiger partial charge is 0.326 e. The van der Waals surface area contributed by atoms with E-state index in [1.54, 1.807) is 39.0 Å². The second-order valence-electron chi connectivity index (χ2n) is 8.11. The van der Waals surface area contributed by atoms with Gasteiger partial charge in [-0.2, -0.15) is 0 Å². The van der Waals surface area contributed by atoms with Crippen LogP contribution in [-0.4, -0.2) is 27.7 Å². The van der Waals surface area contributed by atoms with Crippen molar-refractivity contribution in [1.29, 1.82) is 0 Å². The summed E-state index contributed by atoms with van der Waals surface area (Å²) in [4.78, 5) is 29.8. The van der Waals surface area contributed by atoms with E-state index in [-0.39, 0.29) is 23.6 Å². The summed E-state index contributed by atoms with van der Waals surface area (Å²) in [7, 11) is 0. The Bertz CT molecular complexity index is 1110. The van der Waals surface area contributed by atoms with Crippen LogP contribution in [0.1, 0.15) is 26.3 Å². The van der Waals surface area contributed by atoms with Gasteiger partial charge in [-0.25, -0.2) is 9.37 Å². The lowest BCUT2D eigenvalue weighted by atomic mass is 10.1. The Morgan fingerprint density at radius 3 is 2.45 bits per heavy atom. The second-order valence-corrected chi connectivity index (χ2v) is 8.11. The Morgan fingerprint density at radius 1 is 1.10 bits per heavy atom. The molecule has 0 radical (unpaired) electrons. The number of halogens is 1. The molecule has 0 atom stereocenters. The van der Waals surface area contributed by atoms with Crippen LogP contribution in [-0.2, 0) is 22.5 Å². The van der Waals surface area contributed by atoms with E-state index in [1.807, 2.05) is 30.3 Å². The summed E-state index contributed by atoms with van der Waals surface area (Å²) in [6, 6.07) is 15.9. The predicted octanol–water partition coefficient (Wildman–Crippen LogP) is 4.05. The monoisotopic (exact) mass is 423 g/mol. The SMILES string of the molecule is CC(C)(C)OC(=O)Cn1c(-c2ccccc2F)cnc(NCCc2ccccc2)c1=O. The maximum Gasteiger partial charge on any atom is 0.326 e. The molecule has 1 heterocycles. The zero-order valence-corrected chi connectivity index (χ0v) is 17.9. The molecule has 3 aromatic rings. The minimum atomic E-state index is -0.706. The predicted molar refractivity (Wildman–Crippen MR) is 118 cm³/mol. The molecule has 6 nitrogen and oxygen atoms in total. The van der Waals surface area contributed by atoms with Gasteiger partial charge in [-0.05, 0) is 44.9 Å². The molecule has 0 aliphatic heterocycles. The standard InChI is InChI=1S/C24H26FN3O3/c1-24(2,3)31-21(29)16-28-20(18-11-7-8-12-19(18)25)15-27-22(23(28)30)26-14-13-17-9-5-4-6-10-17/h4-12,15H,13-14,16H2,1-3H3,(H,26,27). The molecular weight excluding hydrogens is 397 g/mol. The Kier molecular flexibility index (Phi) is 6.84. The maximum atomic E-state index is 14.4. The molecule has 1 aromatic heterocycles. The van der Waals surface area contributed by atoms with E-state index in [2.05, 4.69) is 10.3 Å². The fourth-order valence-corrected chi connectivity index (χ4v) is 3.12. The Labute approximate surface area is 180 Å². The molecule has 7 heteroatoms. The van der Waals surface area contributed by atoms with E-state index in [0.717, 1.165) is 5.56 Å². The minimum absolute atomic E-state index is 0.0968. The van der Waals surface area contributed by atoms with Crippen molar-refractivity contribution in [2.45, 2.75) is 39.3 Å². The van der Waals surface area contributed by atoms with Crippen LogP contribution in [0.3, 0.4) is 0 Å². The first-order valence-electron chi connectivity index (χ1n) is 10.1. The van der Waals surface area contributed by atoms with Gasteiger partial charge in [0.25, 0.3) is 5.56 Å². The number of nitrogens with zero attached hydrogens (tertiary/aromatic N) is 2.